The van der Waals surface area contributed by atoms with Crippen molar-refractivity contribution in [2.45, 2.75) is 38.8 Å². The highest BCUT2D eigenvalue weighted by Gasteiger charge is 2.23. The number of urea groups is 1. The smallest absolute Gasteiger partial charge is 0.317 e. The van der Waals surface area contributed by atoms with Crippen LogP contribution in [0.5, 0.6) is 0 Å². The Kier molecular flexibility index (Phi) is 6.20. The number of benzene rings is 1. The zero-order chi connectivity index (χ0) is 16.0. The van der Waals surface area contributed by atoms with Crippen LogP contribution in [0.3, 0.4) is 0 Å². The van der Waals surface area contributed by atoms with Crippen LogP contribution in [0.15, 0.2) is 28.7 Å². The molecular weight excluding hydrogens is 336 g/mol. The Labute approximate surface area is 133 Å². The van der Waals surface area contributed by atoms with Gasteiger partial charge in [-0.05, 0) is 38.0 Å². The summed E-state index contributed by atoms with van der Waals surface area (Å²) in [5.41, 5.74) is 0.475. The zero-order valence-corrected chi connectivity index (χ0v) is 14.1. The Morgan fingerprint density at radius 2 is 1.86 bits per heavy atom. The van der Waals surface area contributed by atoms with Crippen molar-refractivity contribution in [3.63, 3.8) is 0 Å². The van der Waals surface area contributed by atoms with Gasteiger partial charge in [0.2, 0.25) is 0 Å². The fourth-order valence-electron chi connectivity index (χ4n) is 1.80. The second-order valence-electron chi connectivity index (χ2n) is 5.69. The third kappa shape index (κ3) is 6.62. The summed E-state index contributed by atoms with van der Waals surface area (Å²) in [5, 5.41) is 11.6. The molecule has 0 saturated carbocycles. The van der Waals surface area contributed by atoms with E-state index in [2.05, 4.69) is 21.2 Å². The number of hydrogen-bond acceptors (Lipinski definition) is 2. The fourth-order valence-corrected chi connectivity index (χ4v) is 2.07. The van der Waals surface area contributed by atoms with Gasteiger partial charge >= 0.3 is 12.0 Å². The molecule has 0 aliphatic heterocycles. The van der Waals surface area contributed by atoms with E-state index >= 15 is 0 Å². The normalized spacial score (nSPS) is 11.0. The number of nitrogens with one attached hydrogen (secondary N) is 1. The first kappa shape index (κ1) is 17.5. The number of halogens is 1. The molecule has 2 amide bonds. The molecule has 6 heteroatoms. The van der Waals surface area contributed by atoms with Crippen LogP contribution in [-0.2, 0) is 11.3 Å². The molecule has 0 aromatic heterocycles. The lowest BCUT2D eigenvalue weighted by molar-refractivity contribution is -0.137. The molecule has 1 aromatic rings. The first-order valence-electron chi connectivity index (χ1n) is 6.69. The second-order valence-corrected chi connectivity index (χ2v) is 6.61. The summed E-state index contributed by atoms with van der Waals surface area (Å²) in [6.45, 7) is 4.14. The molecule has 0 fully saturated rings. The topological polar surface area (TPSA) is 69.6 Å². The number of carboxylic acid groups (broad SMARTS) is 1. The Balaban J connectivity index is 2.53. The molecule has 0 unspecified atom stereocenters. The van der Waals surface area contributed by atoms with Gasteiger partial charge in [-0.3, -0.25) is 4.79 Å². The van der Waals surface area contributed by atoms with Crippen molar-refractivity contribution in [2.75, 3.05) is 7.05 Å². The molecule has 5 nitrogen and oxygen atoms in total. The van der Waals surface area contributed by atoms with Gasteiger partial charge < -0.3 is 15.3 Å². The summed E-state index contributed by atoms with van der Waals surface area (Å²) in [6.07, 6.45) is 0.421. The average Bonchev–Trinajstić information content (AvgIpc) is 2.38. The van der Waals surface area contributed by atoms with Crippen molar-refractivity contribution in [3.05, 3.63) is 34.3 Å². The lowest BCUT2D eigenvalue weighted by Crippen LogP contribution is -2.48. The highest BCUT2D eigenvalue weighted by Crippen LogP contribution is 2.14. The van der Waals surface area contributed by atoms with E-state index in [0.29, 0.717) is 13.0 Å². The molecule has 0 aliphatic rings. The molecule has 0 aliphatic carbocycles. The Hall–Kier alpha value is -1.56. The lowest BCUT2D eigenvalue weighted by atomic mass is 9.99. The van der Waals surface area contributed by atoms with Gasteiger partial charge in [0.15, 0.2) is 0 Å². The monoisotopic (exact) mass is 356 g/mol. The van der Waals surface area contributed by atoms with Crippen molar-refractivity contribution in [3.8, 4) is 0 Å². The molecule has 2 N–H and O–H groups in total. The largest absolute Gasteiger partial charge is 0.481 e. The second kappa shape index (κ2) is 7.45. The molecule has 0 spiro atoms. The third-order valence-corrected chi connectivity index (χ3v) is 3.62. The van der Waals surface area contributed by atoms with Crippen molar-refractivity contribution in [1.29, 1.82) is 0 Å². The van der Waals surface area contributed by atoms with Crippen molar-refractivity contribution < 1.29 is 14.7 Å². The van der Waals surface area contributed by atoms with Crippen LogP contribution in [0.25, 0.3) is 0 Å². The summed E-state index contributed by atoms with van der Waals surface area (Å²) >= 11 is 3.37. The minimum Gasteiger partial charge on any atom is -0.481 e. The SMILES string of the molecule is CN(Cc1ccc(Br)cc1)C(=O)NC(C)(C)CCC(=O)O. The van der Waals surface area contributed by atoms with Gasteiger partial charge in [-0.2, -0.15) is 0 Å². The van der Waals surface area contributed by atoms with E-state index in [1.165, 1.54) is 0 Å². The molecule has 0 saturated heterocycles. The standard InChI is InChI=1S/C15H21BrN2O3/c1-15(2,9-8-13(19)20)17-14(21)18(3)10-11-4-6-12(16)7-5-11/h4-7H,8-10H2,1-3H3,(H,17,21)(H,19,20). The van der Waals surface area contributed by atoms with E-state index in [1.807, 2.05) is 38.1 Å². The van der Waals surface area contributed by atoms with Crippen LogP contribution in [-0.4, -0.2) is 34.6 Å². The summed E-state index contributed by atoms with van der Waals surface area (Å²) in [6, 6.07) is 7.54. The van der Waals surface area contributed by atoms with Crippen molar-refractivity contribution in [1.82, 2.24) is 10.2 Å². The van der Waals surface area contributed by atoms with Crippen molar-refractivity contribution in [2.24, 2.45) is 0 Å². The maximum Gasteiger partial charge on any atom is 0.317 e. The molecule has 116 valence electrons. The Morgan fingerprint density at radius 3 is 2.38 bits per heavy atom. The fraction of sp³-hybridized carbons (Fsp3) is 0.467. The maximum absolute atomic E-state index is 12.1. The highest BCUT2D eigenvalue weighted by molar-refractivity contribution is 9.10. The number of aliphatic carboxylic acids is 1. The zero-order valence-electron chi connectivity index (χ0n) is 12.5. The summed E-state index contributed by atoms with van der Waals surface area (Å²) < 4.78 is 0.994. The minimum absolute atomic E-state index is 0.0315. The lowest BCUT2D eigenvalue weighted by Gasteiger charge is -2.29. The van der Waals surface area contributed by atoms with Gasteiger partial charge in [0.25, 0.3) is 0 Å². The van der Waals surface area contributed by atoms with Crippen LogP contribution < -0.4 is 5.32 Å². The summed E-state index contributed by atoms with van der Waals surface area (Å²) in [7, 11) is 1.71. The van der Waals surface area contributed by atoms with Crippen LogP contribution >= 0.6 is 15.9 Å². The quantitative estimate of drug-likeness (QED) is 0.821. The van der Waals surface area contributed by atoms with E-state index < -0.39 is 11.5 Å². The van der Waals surface area contributed by atoms with E-state index in [0.717, 1.165) is 10.0 Å². The van der Waals surface area contributed by atoms with Crippen LogP contribution in [0, 0.1) is 0 Å². The van der Waals surface area contributed by atoms with Crippen LogP contribution in [0.4, 0.5) is 4.79 Å². The maximum atomic E-state index is 12.1. The van der Waals surface area contributed by atoms with Gasteiger partial charge in [-0.1, -0.05) is 28.1 Å². The Bertz CT molecular complexity index is 500. The number of carboxylic acids is 1. The molecule has 1 rings (SSSR count). The molecule has 1 aromatic carbocycles. The van der Waals surface area contributed by atoms with Crippen molar-refractivity contribution >= 4 is 27.9 Å². The minimum atomic E-state index is -0.861. The first-order valence-corrected chi connectivity index (χ1v) is 7.48. The van der Waals surface area contributed by atoms with Gasteiger partial charge in [0, 0.05) is 30.0 Å². The molecular formula is C15H21BrN2O3. The summed E-state index contributed by atoms with van der Waals surface area (Å²) in [5.74, 6) is -0.861. The third-order valence-electron chi connectivity index (χ3n) is 3.09. The first-order chi connectivity index (χ1) is 9.69. The van der Waals surface area contributed by atoms with E-state index in [9.17, 15) is 9.59 Å². The number of hydrogen-bond donors (Lipinski definition) is 2. The van der Waals surface area contributed by atoms with Gasteiger partial charge in [0.1, 0.15) is 0 Å². The van der Waals surface area contributed by atoms with E-state index in [1.54, 1.807) is 11.9 Å². The van der Waals surface area contributed by atoms with E-state index in [4.69, 9.17) is 5.11 Å². The van der Waals surface area contributed by atoms with E-state index in [-0.39, 0.29) is 12.5 Å². The molecule has 0 heterocycles. The molecule has 0 radical (unpaired) electrons. The van der Waals surface area contributed by atoms with Gasteiger partial charge in [0.05, 0.1) is 0 Å². The summed E-state index contributed by atoms with van der Waals surface area (Å²) in [4.78, 5) is 24.3. The number of carbonyl (C=O) groups is 2. The van der Waals surface area contributed by atoms with Crippen LogP contribution in [0.1, 0.15) is 32.3 Å². The van der Waals surface area contributed by atoms with Gasteiger partial charge in [-0.25, -0.2) is 4.79 Å². The molecule has 21 heavy (non-hydrogen) atoms. The number of amides is 2. The molecule has 0 atom stereocenters. The predicted octanol–water partition coefficient (Wildman–Crippen LogP) is 3.23. The Morgan fingerprint density at radius 1 is 1.29 bits per heavy atom. The number of nitrogens with zero attached hydrogens (tertiary/aromatic N) is 1. The average molecular weight is 357 g/mol. The van der Waals surface area contributed by atoms with Gasteiger partial charge in [-0.15, -0.1) is 0 Å². The number of rotatable bonds is 6. The predicted molar refractivity (Wildman–Crippen MR) is 85.1 cm³/mol. The highest BCUT2D eigenvalue weighted by atomic mass is 79.9. The molecule has 0 bridgehead atoms. The number of carbonyl (C=O) groups excluding carboxylic acids is 1. The van der Waals surface area contributed by atoms with Crippen LogP contribution in [0.2, 0.25) is 0 Å².